The van der Waals surface area contributed by atoms with Gasteiger partial charge in [0.05, 0.1) is 67.3 Å². The van der Waals surface area contributed by atoms with Crippen LogP contribution in [0.4, 0.5) is 39.5 Å². The van der Waals surface area contributed by atoms with Crippen molar-refractivity contribution >= 4 is 43.6 Å². The molecule has 0 bridgehead atoms. The molecule has 0 N–H and O–H groups in total. The van der Waals surface area contributed by atoms with Crippen LogP contribution in [-0.4, -0.2) is 9.13 Å². The number of para-hydroxylation sites is 2. The van der Waals surface area contributed by atoms with Crippen LogP contribution in [0.25, 0.3) is 66.1 Å². The van der Waals surface area contributed by atoms with Crippen LogP contribution in [-0.2, 0) is 18.5 Å². The molecule has 2 aromatic heterocycles. The van der Waals surface area contributed by atoms with Gasteiger partial charge in [-0.2, -0.15) is 50.0 Å². The summed E-state index contributed by atoms with van der Waals surface area (Å²) < 4.78 is 131. The molecule has 4 nitrogen and oxygen atoms in total. The minimum Gasteiger partial charge on any atom is -0.309 e. The zero-order valence-electron chi connectivity index (χ0n) is 27.2. The molecule has 0 saturated heterocycles. The second-order valence-electron chi connectivity index (χ2n) is 12.5. The largest absolute Gasteiger partial charge is 0.417 e. The minimum atomic E-state index is -5.00. The Morgan fingerprint density at radius 2 is 0.926 bits per heavy atom. The summed E-state index contributed by atoms with van der Waals surface area (Å²) in [6.07, 6.45) is -14.4. The summed E-state index contributed by atoms with van der Waals surface area (Å²) in [7, 11) is 0. The van der Waals surface area contributed by atoms with Crippen molar-refractivity contribution in [1.82, 2.24) is 9.13 Å². The number of halogens is 9. The van der Waals surface area contributed by atoms with Crippen LogP contribution in [0.1, 0.15) is 27.8 Å². The fourth-order valence-electron chi connectivity index (χ4n) is 7.15. The Balaban J connectivity index is 1.54. The van der Waals surface area contributed by atoms with Gasteiger partial charge < -0.3 is 9.13 Å². The molecule has 6 aromatic carbocycles. The van der Waals surface area contributed by atoms with E-state index in [4.69, 9.17) is 0 Å². The smallest absolute Gasteiger partial charge is 0.309 e. The molecule has 0 aliphatic heterocycles. The molecule has 8 rings (SSSR count). The summed E-state index contributed by atoms with van der Waals surface area (Å²) in [5, 5.41) is 21.2. The van der Waals surface area contributed by atoms with E-state index >= 15 is 0 Å². The summed E-state index contributed by atoms with van der Waals surface area (Å²) in [6.45, 7) is 0. The van der Waals surface area contributed by atoms with Crippen LogP contribution in [0, 0.1) is 22.7 Å². The second kappa shape index (κ2) is 11.9. The average molecular weight is 739 g/mol. The van der Waals surface area contributed by atoms with Crippen molar-refractivity contribution in [3.63, 3.8) is 0 Å². The SMILES string of the molecule is N#Cc1ccc(-c2cc(-n3c4ccccc4c4cc(C(F)(F)F)ccc43)c(C#N)cc2-n2c3ccccc3c3cc(C(F)(F)F)ccc32)c(C(F)(F)F)c1. The molecule has 0 spiro atoms. The normalized spacial score (nSPS) is 12.5. The van der Waals surface area contributed by atoms with Gasteiger partial charge in [0.1, 0.15) is 6.07 Å². The van der Waals surface area contributed by atoms with Gasteiger partial charge in [-0.1, -0.05) is 42.5 Å². The van der Waals surface area contributed by atoms with Crippen molar-refractivity contribution < 1.29 is 39.5 Å². The van der Waals surface area contributed by atoms with E-state index in [1.807, 2.05) is 0 Å². The summed E-state index contributed by atoms with van der Waals surface area (Å²) in [5.41, 5.74) is -2.88. The van der Waals surface area contributed by atoms with Crippen molar-refractivity contribution in [3.8, 4) is 34.6 Å². The van der Waals surface area contributed by atoms with Crippen LogP contribution in [0.5, 0.6) is 0 Å². The van der Waals surface area contributed by atoms with Gasteiger partial charge in [0.15, 0.2) is 0 Å². The summed E-state index contributed by atoms with van der Waals surface area (Å²) in [5.74, 6) is 0. The van der Waals surface area contributed by atoms with Gasteiger partial charge >= 0.3 is 18.5 Å². The highest BCUT2D eigenvalue weighted by atomic mass is 19.4. The molecule has 13 heteroatoms. The lowest BCUT2D eigenvalue weighted by Crippen LogP contribution is -2.10. The number of nitrogens with zero attached hydrogens (tertiary/aromatic N) is 4. The van der Waals surface area contributed by atoms with E-state index in [0.29, 0.717) is 27.9 Å². The summed E-state index contributed by atoms with van der Waals surface area (Å²) in [4.78, 5) is 0. The van der Waals surface area contributed by atoms with E-state index in [-0.39, 0.29) is 49.9 Å². The minimum absolute atomic E-state index is 0.00316. The van der Waals surface area contributed by atoms with Crippen LogP contribution in [0.2, 0.25) is 0 Å². The third kappa shape index (κ3) is 5.39. The van der Waals surface area contributed by atoms with Crippen molar-refractivity contribution in [1.29, 1.82) is 10.5 Å². The number of benzene rings is 6. The number of aromatic nitrogens is 2. The Kier molecular flexibility index (Phi) is 7.57. The van der Waals surface area contributed by atoms with Crippen molar-refractivity contribution in [2.24, 2.45) is 0 Å². The number of hydrogen-bond donors (Lipinski definition) is 0. The molecule has 0 radical (unpaired) electrons. The zero-order chi connectivity index (χ0) is 38.3. The number of fused-ring (bicyclic) bond motifs is 6. The highest BCUT2D eigenvalue weighted by Crippen LogP contribution is 2.46. The predicted octanol–water partition coefficient (Wildman–Crippen LogP) is 12.3. The van der Waals surface area contributed by atoms with Crippen molar-refractivity contribution in [3.05, 3.63) is 143 Å². The van der Waals surface area contributed by atoms with Crippen molar-refractivity contribution in [2.45, 2.75) is 18.5 Å². The van der Waals surface area contributed by atoms with E-state index in [2.05, 4.69) is 6.07 Å². The Hall–Kier alpha value is -6.73. The lowest BCUT2D eigenvalue weighted by Gasteiger charge is -2.21. The fraction of sp³-hybridized carbons (Fsp3) is 0.0732. The molecule has 8 aromatic rings. The van der Waals surface area contributed by atoms with Gasteiger partial charge in [-0.25, -0.2) is 0 Å². The van der Waals surface area contributed by atoms with Gasteiger partial charge in [0, 0.05) is 27.1 Å². The first-order valence-electron chi connectivity index (χ1n) is 16.0. The molecule has 0 amide bonds. The van der Waals surface area contributed by atoms with Gasteiger partial charge in [0.25, 0.3) is 0 Å². The highest BCUT2D eigenvalue weighted by Gasteiger charge is 2.36. The highest BCUT2D eigenvalue weighted by molar-refractivity contribution is 6.11. The van der Waals surface area contributed by atoms with E-state index < -0.39 is 40.8 Å². The van der Waals surface area contributed by atoms with Crippen molar-refractivity contribution in [2.75, 3.05) is 0 Å². The van der Waals surface area contributed by atoms with Crippen LogP contribution in [0.3, 0.4) is 0 Å². The van der Waals surface area contributed by atoms with Crippen LogP contribution in [0.15, 0.2) is 115 Å². The monoisotopic (exact) mass is 738 g/mol. The van der Waals surface area contributed by atoms with Gasteiger partial charge in [-0.15, -0.1) is 0 Å². The Morgan fingerprint density at radius 3 is 1.41 bits per heavy atom. The summed E-state index contributed by atoms with van der Waals surface area (Å²) >= 11 is 0. The van der Waals surface area contributed by atoms with E-state index in [0.717, 1.165) is 30.3 Å². The molecule has 0 aliphatic carbocycles. The lowest BCUT2D eigenvalue weighted by atomic mass is 9.93. The molecule has 0 saturated carbocycles. The Labute approximate surface area is 298 Å². The third-order valence-corrected chi connectivity index (χ3v) is 9.46. The molecular formula is C41H19F9N4. The Morgan fingerprint density at radius 1 is 0.426 bits per heavy atom. The van der Waals surface area contributed by atoms with E-state index in [1.54, 1.807) is 54.6 Å². The zero-order valence-corrected chi connectivity index (χ0v) is 27.2. The first-order chi connectivity index (χ1) is 25.6. The third-order valence-electron chi connectivity index (χ3n) is 9.46. The van der Waals surface area contributed by atoms with E-state index in [9.17, 15) is 50.0 Å². The molecule has 266 valence electrons. The van der Waals surface area contributed by atoms with Gasteiger partial charge in [0.2, 0.25) is 0 Å². The maximum absolute atomic E-state index is 14.9. The van der Waals surface area contributed by atoms with Crippen LogP contribution < -0.4 is 0 Å². The van der Waals surface area contributed by atoms with Gasteiger partial charge in [-0.3, -0.25) is 0 Å². The lowest BCUT2D eigenvalue weighted by molar-refractivity contribution is -0.138. The molecule has 0 atom stereocenters. The summed E-state index contributed by atoms with van der Waals surface area (Å²) in [6, 6.07) is 28.3. The predicted molar refractivity (Wildman–Crippen MR) is 185 cm³/mol. The number of nitriles is 2. The molecule has 54 heavy (non-hydrogen) atoms. The molecule has 0 unspecified atom stereocenters. The number of hydrogen-bond acceptors (Lipinski definition) is 2. The van der Waals surface area contributed by atoms with Gasteiger partial charge in [-0.05, 0) is 78.4 Å². The average Bonchev–Trinajstić information content (AvgIpc) is 3.65. The molecule has 0 fully saturated rings. The van der Waals surface area contributed by atoms with Crippen LogP contribution >= 0.6 is 0 Å². The maximum atomic E-state index is 14.9. The standard InChI is InChI=1S/C41H19F9N4/c42-39(43,44)24-10-13-35-29(17-24)27-5-1-3-7-33(27)53(35)37-19-31(26-12-9-22(20-51)15-32(26)41(48,49)50)38(16-23(37)21-52)54-34-8-4-2-6-28(34)30-18-25(40(45,46)47)11-14-36(30)54/h1-19H. The molecule has 0 aliphatic rings. The number of alkyl halides is 9. The molecule has 2 heterocycles. The van der Waals surface area contributed by atoms with E-state index in [1.165, 1.54) is 39.5 Å². The number of rotatable bonds is 3. The first kappa shape index (κ1) is 34.4. The molecular weight excluding hydrogens is 719 g/mol. The second-order valence-corrected chi connectivity index (χ2v) is 12.5. The maximum Gasteiger partial charge on any atom is 0.417 e. The Bertz CT molecular complexity index is 2930. The first-order valence-corrected chi connectivity index (χ1v) is 16.0. The topological polar surface area (TPSA) is 57.4 Å². The quantitative estimate of drug-likeness (QED) is 0.170. The fourth-order valence-corrected chi connectivity index (χ4v) is 7.15.